The van der Waals surface area contributed by atoms with Gasteiger partial charge in [-0.3, -0.25) is 9.59 Å². The Bertz CT molecular complexity index is 1310. The fraction of sp³-hybridized carbons (Fsp3) is 0.292. The van der Waals surface area contributed by atoms with Crippen LogP contribution in [0.4, 0.5) is 8.78 Å². The predicted molar refractivity (Wildman–Crippen MR) is 123 cm³/mol. The van der Waals surface area contributed by atoms with E-state index >= 15 is 0 Å². The summed E-state index contributed by atoms with van der Waals surface area (Å²) in [6, 6.07) is 3.93. The number of fused-ring (bicyclic) bond motifs is 1. The molecule has 3 heterocycles. The lowest BCUT2D eigenvalue weighted by Crippen LogP contribution is -2.54. The van der Waals surface area contributed by atoms with Crippen molar-refractivity contribution in [3.05, 3.63) is 58.6 Å². The van der Waals surface area contributed by atoms with Crippen LogP contribution >= 0.6 is 0 Å². The van der Waals surface area contributed by atoms with Crippen LogP contribution in [-0.4, -0.2) is 54.0 Å². The number of alkyl halides is 2. The molecule has 1 saturated heterocycles. The summed E-state index contributed by atoms with van der Waals surface area (Å²) >= 11 is 0. The highest BCUT2D eigenvalue weighted by Crippen LogP contribution is 2.32. The molecule has 1 atom stereocenters. The van der Waals surface area contributed by atoms with E-state index in [-0.39, 0.29) is 30.2 Å². The van der Waals surface area contributed by atoms with Crippen molar-refractivity contribution in [3.8, 4) is 5.75 Å². The lowest BCUT2D eigenvalue weighted by atomic mass is 10.0. The van der Waals surface area contributed by atoms with Crippen molar-refractivity contribution < 1.29 is 27.5 Å². The van der Waals surface area contributed by atoms with Gasteiger partial charge in [0.15, 0.2) is 5.76 Å². The zero-order chi connectivity index (χ0) is 24.6. The first kappa shape index (κ1) is 23.2. The number of carbonyl (C=O) groups excluding carboxylic acids is 2. The molecule has 4 rings (SSSR count). The number of ether oxygens (including phenoxy) is 1. The Morgan fingerprint density at radius 1 is 1.35 bits per heavy atom. The second kappa shape index (κ2) is 9.12. The molecule has 10 heteroatoms. The van der Waals surface area contributed by atoms with E-state index in [9.17, 15) is 18.4 Å². The third-order valence-corrected chi connectivity index (χ3v) is 5.99. The molecule has 0 radical (unpaired) electrons. The summed E-state index contributed by atoms with van der Waals surface area (Å²) in [6.07, 6.45) is 1.60. The number of aromatic amines is 1. The number of hydrogen-bond donors (Lipinski definition) is 3. The molecule has 1 unspecified atom stereocenters. The van der Waals surface area contributed by atoms with Gasteiger partial charge in [-0.05, 0) is 38.0 Å². The smallest absolute Gasteiger partial charge is 0.258 e. The van der Waals surface area contributed by atoms with Gasteiger partial charge in [0.05, 0.1) is 22.9 Å². The van der Waals surface area contributed by atoms with E-state index in [1.807, 2.05) is 0 Å². The summed E-state index contributed by atoms with van der Waals surface area (Å²) in [4.78, 5) is 29.1. The molecule has 3 aromatic rings. The molecular weight excluding hydrogens is 446 g/mol. The highest BCUT2D eigenvalue weighted by molar-refractivity contribution is 6.07. The van der Waals surface area contributed by atoms with Crippen molar-refractivity contribution >= 4 is 34.8 Å². The first-order valence-electron chi connectivity index (χ1n) is 10.7. The van der Waals surface area contributed by atoms with Gasteiger partial charge < -0.3 is 29.8 Å². The van der Waals surface area contributed by atoms with E-state index in [2.05, 4.69) is 10.3 Å². The molecule has 1 aliphatic rings. The van der Waals surface area contributed by atoms with Crippen LogP contribution in [0.5, 0.6) is 5.75 Å². The second-order valence-corrected chi connectivity index (χ2v) is 7.96. The molecule has 1 aromatic carbocycles. The number of aryl methyl sites for hydroxylation is 1. The summed E-state index contributed by atoms with van der Waals surface area (Å²) in [6.45, 7) is 3.67. The number of nitrogens with zero attached hydrogens (tertiary/aromatic N) is 1. The number of nitrogens with one attached hydrogen (secondary N) is 3. The van der Waals surface area contributed by atoms with E-state index in [4.69, 9.17) is 14.6 Å². The van der Waals surface area contributed by atoms with Crippen LogP contribution in [0.1, 0.15) is 44.2 Å². The minimum absolute atomic E-state index is 0.259. The highest BCUT2D eigenvalue weighted by Gasteiger charge is 2.39. The average molecular weight is 470 g/mol. The monoisotopic (exact) mass is 470 g/mol. The number of furan rings is 1. The van der Waals surface area contributed by atoms with E-state index in [1.54, 1.807) is 39.1 Å². The zero-order valence-electron chi connectivity index (χ0n) is 18.9. The van der Waals surface area contributed by atoms with Crippen LogP contribution in [0.3, 0.4) is 0 Å². The number of H-pyrrole nitrogens is 1. The molecule has 1 fully saturated rings. The molecule has 0 spiro atoms. The summed E-state index contributed by atoms with van der Waals surface area (Å²) < 4.78 is 37.9. The number of hydrogen-bond acceptors (Lipinski definition) is 5. The van der Waals surface area contributed by atoms with Crippen LogP contribution in [0.25, 0.3) is 16.7 Å². The summed E-state index contributed by atoms with van der Waals surface area (Å²) in [5, 5.41) is 10.7. The molecule has 3 N–H and O–H groups in total. The van der Waals surface area contributed by atoms with Gasteiger partial charge in [-0.2, -0.15) is 0 Å². The van der Waals surface area contributed by atoms with Gasteiger partial charge >= 0.3 is 0 Å². The maximum atomic E-state index is 13.1. The lowest BCUT2D eigenvalue weighted by molar-refractivity contribution is -0.0219. The number of likely N-dealkylation sites (tertiary alicyclic amines) is 1. The van der Waals surface area contributed by atoms with E-state index < -0.39 is 18.4 Å². The number of halogens is 2. The van der Waals surface area contributed by atoms with E-state index in [0.717, 1.165) is 6.21 Å². The number of amides is 2. The lowest BCUT2D eigenvalue weighted by Gasteiger charge is -2.40. The van der Waals surface area contributed by atoms with Crippen molar-refractivity contribution in [3.63, 3.8) is 0 Å². The number of carbonyl (C=O) groups is 2. The first-order valence-corrected chi connectivity index (χ1v) is 10.7. The standard InChI is InChI=1S/C24H24F2N4O4/c1-12-16(24(32)30-9-7-17(30)22(25)26)11-29-21(12)18(6-8-27)34-14-4-5-15-19(10-14)33-13(2)20(15)23(31)28-3/h4-6,8,10-11,17,22,27,29H,7,9H2,1-3H3,(H,28,31)/b18-6+,27-8?. The van der Waals surface area contributed by atoms with Gasteiger partial charge in [0.2, 0.25) is 0 Å². The Kier molecular flexibility index (Phi) is 6.23. The van der Waals surface area contributed by atoms with E-state index in [1.165, 1.54) is 17.2 Å². The summed E-state index contributed by atoms with van der Waals surface area (Å²) in [7, 11) is 1.54. The highest BCUT2D eigenvalue weighted by atomic mass is 19.3. The topological polar surface area (TPSA) is 111 Å². The molecule has 0 aliphatic carbocycles. The van der Waals surface area contributed by atoms with Gasteiger partial charge in [0.1, 0.15) is 17.1 Å². The molecule has 34 heavy (non-hydrogen) atoms. The molecule has 2 aromatic heterocycles. The molecule has 0 bridgehead atoms. The fourth-order valence-electron chi connectivity index (χ4n) is 4.09. The van der Waals surface area contributed by atoms with Crippen molar-refractivity contribution in [1.82, 2.24) is 15.2 Å². The van der Waals surface area contributed by atoms with Crippen molar-refractivity contribution in [2.24, 2.45) is 0 Å². The fourth-order valence-corrected chi connectivity index (χ4v) is 4.09. The van der Waals surface area contributed by atoms with Crippen LogP contribution in [0.15, 0.2) is 34.9 Å². The van der Waals surface area contributed by atoms with Gasteiger partial charge in [-0.15, -0.1) is 0 Å². The predicted octanol–water partition coefficient (Wildman–Crippen LogP) is 4.29. The normalized spacial score (nSPS) is 16.0. The number of aromatic nitrogens is 1. The van der Waals surface area contributed by atoms with Crippen molar-refractivity contribution in [1.29, 1.82) is 5.41 Å². The first-order chi connectivity index (χ1) is 16.3. The maximum absolute atomic E-state index is 13.1. The molecule has 2 amide bonds. The zero-order valence-corrected chi connectivity index (χ0v) is 18.9. The average Bonchev–Trinajstić information content (AvgIpc) is 3.30. The van der Waals surface area contributed by atoms with Crippen LogP contribution in [0, 0.1) is 19.3 Å². The number of benzene rings is 1. The van der Waals surface area contributed by atoms with Crippen molar-refractivity contribution in [2.45, 2.75) is 32.7 Å². The second-order valence-electron chi connectivity index (χ2n) is 7.96. The van der Waals surface area contributed by atoms with Gasteiger partial charge in [-0.1, -0.05) is 0 Å². The van der Waals surface area contributed by atoms with Gasteiger partial charge in [0, 0.05) is 43.5 Å². The van der Waals surface area contributed by atoms with Gasteiger partial charge in [0.25, 0.3) is 18.2 Å². The van der Waals surface area contributed by atoms with Crippen LogP contribution in [0.2, 0.25) is 0 Å². The Hall–Kier alpha value is -3.95. The molecule has 1 aliphatic heterocycles. The minimum atomic E-state index is -2.59. The van der Waals surface area contributed by atoms with E-state index in [0.29, 0.717) is 39.3 Å². The Labute approximate surface area is 194 Å². The summed E-state index contributed by atoms with van der Waals surface area (Å²) in [5.41, 5.74) is 2.14. The number of rotatable bonds is 7. The Balaban J connectivity index is 1.62. The Morgan fingerprint density at radius 3 is 2.74 bits per heavy atom. The largest absolute Gasteiger partial charge is 0.460 e. The third kappa shape index (κ3) is 3.95. The molecule has 0 saturated carbocycles. The van der Waals surface area contributed by atoms with Crippen molar-refractivity contribution in [2.75, 3.05) is 13.6 Å². The van der Waals surface area contributed by atoms with Crippen LogP contribution < -0.4 is 10.1 Å². The summed E-state index contributed by atoms with van der Waals surface area (Å²) in [5.74, 6) is 0.387. The maximum Gasteiger partial charge on any atom is 0.258 e. The molecule has 178 valence electrons. The SMILES string of the molecule is CNC(=O)c1c(C)oc2cc(O/C(=C/C=N)c3[nH]cc(C(=O)N4CCC4C(F)F)c3C)ccc12. The molecular formula is C24H24F2N4O4. The number of allylic oxidation sites excluding steroid dienone is 1. The molecule has 8 nitrogen and oxygen atoms in total. The minimum Gasteiger partial charge on any atom is -0.460 e. The Morgan fingerprint density at radius 2 is 2.12 bits per heavy atom. The van der Waals surface area contributed by atoms with Crippen LogP contribution in [-0.2, 0) is 0 Å². The third-order valence-electron chi connectivity index (χ3n) is 5.99. The quantitative estimate of drug-likeness (QED) is 0.353. The van der Waals surface area contributed by atoms with Gasteiger partial charge in [-0.25, -0.2) is 8.78 Å².